The number of carbonyl (C=O) groups is 1. The maximum absolute atomic E-state index is 12.2. The highest BCUT2D eigenvalue weighted by Crippen LogP contribution is 2.26. The van der Waals surface area contributed by atoms with Crippen LogP contribution < -0.4 is 5.32 Å². The minimum absolute atomic E-state index is 0.0400. The largest absolute Gasteiger partial charge is 0.508 e. The van der Waals surface area contributed by atoms with Gasteiger partial charge in [-0.25, -0.2) is 0 Å². The number of rotatable bonds is 3. The van der Waals surface area contributed by atoms with E-state index in [9.17, 15) is 20.0 Å². The SMILES string of the molecule is CC1CCCCC1NC(=O)c1cc(O)ccc1[N+](=O)[O-]. The fraction of sp³-hybridized carbons (Fsp3) is 0.500. The molecule has 108 valence electrons. The van der Waals surface area contributed by atoms with Crippen LogP contribution in [0, 0.1) is 16.0 Å². The summed E-state index contributed by atoms with van der Waals surface area (Å²) in [5, 5.41) is 23.2. The van der Waals surface area contributed by atoms with Crippen LogP contribution in [0.25, 0.3) is 0 Å². The van der Waals surface area contributed by atoms with Crippen molar-refractivity contribution >= 4 is 11.6 Å². The quantitative estimate of drug-likeness (QED) is 0.656. The summed E-state index contributed by atoms with van der Waals surface area (Å²) < 4.78 is 0. The van der Waals surface area contributed by atoms with Gasteiger partial charge >= 0.3 is 0 Å². The highest BCUT2D eigenvalue weighted by molar-refractivity contribution is 5.98. The molecule has 0 saturated heterocycles. The number of phenolic OH excluding ortho intramolecular Hbond substituents is 1. The molecule has 0 heterocycles. The molecule has 1 aromatic carbocycles. The first-order valence-electron chi connectivity index (χ1n) is 6.77. The van der Waals surface area contributed by atoms with Crippen molar-refractivity contribution in [2.75, 3.05) is 0 Å². The Labute approximate surface area is 117 Å². The third-order valence-electron chi connectivity index (χ3n) is 3.85. The molecule has 0 spiro atoms. The van der Waals surface area contributed by atoms with E-state index in [2.05, 4.69) is 12.2 Å². The molecule has 1 fully saturated rings. The predicted octanol–water partition coefficient (Wildman–Crippen LogP) is 2.61. The Morgan fingerprint density at radius 2 is 2.10 bits per heavy atom. The molecule has 1 aliphatic carbocycles. The Balaban J connectivity index is 2.20. The van der Waals surface area contributed by atoms with Crippen molar-refractivity contribution < 1.29 is 14.8 Å². The maximum atomic E-state index is 12.2. The van der Waals surface area contributed by atoms with Crippen LogP contribution in [0.5, 0.6) is 5.75 Å². The van der Waals surface area contributed by atoms with E-state index in [4.69, 9.17) is 0 Å². The average Bonchev–Trinajstić information content (AvgIpc) is 2.40. The summed E-state index contributed by atoms with van der Waals surface area (Å²) in [7, 11) is 0. The molecule has 1 amide bonds. The minimum Gasteiger partial charge on any atom is -0.508 e. The van der Waals surface area contributed by atoms with Crippen LogP contribution >= 0.6 is 0 Å². The monoisotopic (exact) mass is 278 g/mol. The van der Waals surface area contributed by atoms with Gasteiger partial charge in [0, 0.05) is 12.1 Å². The first-order chi connectivity index (χ1) is 9.49. The number of amides is 1. The molecule has 20 heavy (non-hydrogen) atoms. The van der Waals surface area contributed by atoms with E-state index < -0.39 is 10.8 Å². The van der Waals surface area contributed by atoms with Gasteiger partial charge in [-0.2, -0.15) is 0 Å². The molecule has 6 nitrogen and oxygen atoms in total. The Morgan fingerprint density at radius 1 is 1.40 bits per heavy atom. The highest BCUT2D eigenvalue weighted by atomic mass is 16.6. The number of nitrogens with one attached hydrogen (secondary N) is 1. The molecule has 2 atom stereocenters. The fourth-order valence-corrected chi connectivity index (χ4v) is 2.64. The Hall–Kier alpha value is -2.11. The summed E-state index contributed by atoms with van der Waals surface area (Å²) in [6.45, 7) is 2.07. The van der Waals surface area contributed by atoms with Crippen molar-refractivity contribution in [1.82, 2.24) is 5.32 Å². The average molecular weight is 278 g/mol. The third kappa shape index (κ3) is 3.07. The number of carbonyl (C=O) groups excluding carboxylic acids is 1. The summed E-state index contributed by atoms with van der Waals surface area (Å²) in [5.41, 5.74) is -0.378. The first-order valence-corrected chi connectivity index (χ1v) is 6.77. The lowest BCUT2D eigenvalue weighted by Gasteiger charge is -2.29. The van der Waals surface area contributed by atoms with Gasteiger partial charge in [-0.05, 0) is 30.9 Å². The van der Waals surface area contributed by atoms with Crippen LogP contribution in [0.2, 0.25) is 0 Å². The van der Waals surface area contributed by atoms with E-state index in [0.29, 0.717) is 5.92 Å². The van der Waals surface area contributed by atoms with Crippen LogP contribution in [0.1, 0.15) is 43.0 Å². The van der Waals surface area contributed by atoms with Crippen molar-refractivity contribution in [1.29, 1.82) is 0 Å². The van der Waals surface area contributed by atoms with Gasteiger partial charge in [-0.15, -0.1) is 0 Å². The second-order valence-electron chi connectivity index (χ2n) is 5.30. The summed E-state index contributed by atoms with van der Waals surface area (Å²) in [6, 6.07) is 3.53. The summed E-state index contributed by atoms with van der Waals surface area (Å²) in [4.78, 5) is 22.5. The number of hydrogen-bond acceptors (Lipinski definition) is 4. The van der Waals surface area contributed by atoms with Gasteiger partial charge in [0.1, 0.15) is 11.3 Å². The number of nitrogens with zero attached hydrogens (tertiary/aromatic N) is 1. The van der Waals surface area contributed by atoms with Crippen LogP contribution in [0.4, 0.5) is 5.69 Å². The van der Waals surface area contributed by atoms with E-state index in [0.717, 1.165) is 37.8 Å². The molecule has 0 radical (unpaired) electrons. The fourth-order valence-electron chi connectivity index (χ4n) is 2.64. The zero-order valence-corrected chi connectivity index (χ0v) is 11.3. The Kier molecular flexibility index (Phi) is 4.22. The van der Waals surface area contributed by atoms with Gasteiger partial charge in [-0.3, -0.25) is 14.9 Å². The molecule has 1 saturated carbocycles. The highest BCUT2D eigenvalue weighted by Gasteiger charge is 2.26. The summed E-state index contributed by atoms with van der Waals surface area (Å²) in [5.74, 6) is -0.284. The van der Waals surface area contributed by atoms with Crippen LogP contribution in [-0.4, -0.2) is 22.0 Å². The normalized spacial score (nSPS) is 22.2. The number of hydrogen-bond donors (Lipinski definition) is 2. The second kappa shape index (κ2) is 5.90. The van der Waals surface area contributed by atoms with Gasteiger partial charge in [0.15, 0.2) is 0 Å². The molecule has 6 heteroatoms. The zero-order chi connectivity index (χ0) is 14.7. The van der Waals surface area contributed by atoms with E-state index in [-0.39, 0.29) is 23.0 Å². The molecule has 1 aromatic rings. The van der Waals surface area contributed by atoms with Crippen molar-refractivity contribution in [3.63, 3.8) is 0 Å². The topological polar surface area (TPSA) is 92.5 Å². The molecule has 2 N–H and O–H groups in total. The lowest BCUT2D eigenvalue weighted by atomic mass is 9.86. The molecular formula is C14H18N2O4. The summed E-state index contributed by atoms with van der Waals surface area (Å²) in [6.07, 6.45) is 4.14. The van der Waals surface area contributed by atoms with Crippen molar-refractivity contribution in [3.05, 3.63) is 33.9 Å². The first kappa shape index (κ1) is 14.3. The lowest BCUT2D eigenvalue weighted by Crippen LogP contribution is -2.41. The van der Waals surface area contributed by atoms with Crippen molar-refractivity contribution in [2.45, 2.75) is 38.6 Å². The molecule has 0 aliphatic heterocycles. The molecule has 2 rings (SSSR count). The van der Waals surface area contributed by atoms with Gasteiger partial charge < -0.3 is 10.4 Å². The van der Waals surface area contributed by atoms with Crippen LogP contribution in [0.15, 0.2) is 18.2 Å². The van der Waals surface area contributed by atoms with E-state index in [1.165, 1.54) is 6.07 Å². The second-order valence-corrected chi connectivity index (χ2v) is 5.30. The standard InChI is InChI=1S/C14H18N2O4/c1-9-4-2-3-5-12(9)15-14(18)11-8-10(17)6-7-13(11)16(19)20/h6-9,12,17H,2-5H2,1H3,(H,15,18). The van der Waals surface area contributed by atoms with Crippen molar-refractivity contribution in [2.24, 2.45) is 5.92 Å². The number of phenols is 1. The molecule has 2 unspecified atom stereocenters. The van der Waals surface area contributed by atoms with Crippen LogP contribution in [0.3, 0.4) is 0 Å². The Morgan fingerprint density at radius 3 is 2.75 bits per heavy atom. The molecule has 1 aliphatic rings. The van der Waals surface area contributed by atoms with E-state index >= 15 is 0 Å². The number of benzene rings is 1. The van der Waals surface area contributed by atoms with Gasteiger partial charge in [0.2, 0.25) is 0 Å². The van der Waals surface area contributed by atoms with Gasteiger partial charge in [0.05, 0.1) is 4.92 Å². The smallest absolute Gasteiger partial charge is 0.282 e. The number of nitro benzene ring substituents is 1. The minimum atomic E-state index is -0.612. The lowest BCUT2D eigenvalue weighted by molar-refractivity contribution is -0.385. The number of aromatic hydroxyl groups is 1. The summed E-state index contributed by atoms with van der Waals surface area (Å²) >= 11 is 0. The molecular weight excluding hydrogens is 260 g/mol. The zero-order valence-electron chi connectivity index (χ0n) is 11.3. The van der Waals surface area contributed by atoms with Gasteiger partial charge in [-0.1, -0.05) is 19.8 Å². The van der Waals surface area contributed by atoms with E-state index in [1.54, 1.807) is 0 Å². The molecule has 0 aromatic heterocycles. The number of nitro groups is 1. The third-order valence-corrected chi connectivity index (χ3v) is 3.85. The molecule has 0 bridgehead atoms. The van der Waals surface area contributed by atoms with Gasteiger partial charge in [0.25, 0.3) is 11.6 Å². The van der Waals surface area contributed by atoms with E-state index in [1.807, 2.05) is 0 Å². The Bertz CT molecular complexity index is 530. The van der Waals surface area contributed by atoms with Crippen LogP contribution in [-0.2, 0) is 0 Å². The maximum Gasteiger partial charge on any atom is 0.282 e. The van der Waals surface area contributed by atoms with Crippen molar-refractivity contribution in [3.8, 4) is 5.75 Å². The predicted molar refractivity (Wildman–Crippen MR) is 73.6 cm³/mol.